The van der Waals surface area contributed by atoms with Crippen LogP contribution >= 0.6 is 23.2 Å². The molecule has 0 aliphatic carbocycles. The first-order chi connectivity index (χ1) is 10.6. The first kappa shape index (κ1) is 14.8. The molecule has 1 aromatic carbocycles. The highest BCUT2D eigenvalue weighted by Gasteiger charge is 2.09. The van der Waals surface area contributed by atoms with Gasteiger partial charge in [-0.25, -0.2) is 0 Å². The van der Waals surface area contributed by atoms with Crippen LogP contribution in [-0.4, -0.2) is 15.9 Å². The molecule has 1 amide bonds. The summed E-state index contributed by atoms with van der Waals surface area (Å²) in [5.41, 5.74) is 1.42. The highest BCUT2D eigenvalue weighted by Crippen LogP contribution is 2.24. The van der Waals surface area contributed by atoms with Crippen LogP contribution in [0.1, 0.15) is 5.56 Å². The summed E-state index contributed by atoms with van der Waals surface area (Å²) in [6.45, 7) is 0. The summed E-state index contributed by atoms with van der Waals surface area (Å²) >= 11 is 11.8. The number of carbonyl (C=O) groups is 1. The van der Waals surface area contributed by atoms with Crippen molar-refractivity contribution in [2.45, 2.75) is 6.42 Å². The molecule has 2 aromatic heterocycles. The minimum atomic E-state index is -0.156. The van der Waals surface area contributed by atoms with Crippen LogP contribution in [-0.2, 0) is 11.2 Å². The second kappa shape index (κ2) is 6.30. The number of amides is 1. The minimum Gasteiger partial charge on any atom is -0.324 e. The summed E-state index contributed by atoms with van der Waals surface area (Å²) in [6, 6.07) is 6.98. The molecule has 0 saturated carbocycles. The summed E-state index contributed by atoms with van der Waals surface area (Å²) in [6.07, 6.45) is 6.92. The van der Waals surface area contributed by atoms with Crippen LogP contribution in [0.15, 0.2) is 49.1 Å². The molecule has 1 N–H and O–H groups in total. The van der Waals surface area contributed by atoms with E-state index in [1.807, 2.05) is 6.07 Å². The Balaban J connectivity index is 1.80. The van der Waals surface area contributed by atoms with Gasteiger partial charge in [-0.2, -0.15) is 0 Å². The molecule has 0 bridgehead atoms. The second-order valence-electron chi connectivity index (χ2n) is 4.76. The number of pyridine rings is 2. The number of anilines is 1. The van der Waals surface area contributed by atoms with Crippen molar-refractivity contribution in [3.8, 4) is 0 Å². The normalized spacial score (nSPS) is 10.6. The number of halogens is 2. The molecule has 3 aromatic rings. The van der Waals surface area contributed by atoms with Gasteiger partial charge in [-0.15, -0.1) is 0 Å². The summed E-state index contributed by atoms with van der Waals surface area (Å²) in [4.78, 5) is 20.4. The zero-order chi connectivity index (χ0) is 15.5. The van der Waals surface area contributed by atoms with Crippen molar-refractivity contribution in [2.24, 2.45) is 0 Å². The maximum atomic E-state index is 12.2. The number of aromatic nitrogens is 2. The summed E-state index contributed by atoms with van der Waals surface area (Å²) in [5.74, 6) is -0.156. The predicted molar refractivity (Wildman–Crippen MR) is 88.3 cm³/mol. The third kappa shape index (κ3) is 3.18. The summed E-state index contributed by atoms with van der Waals surface area (Å²) in [5, 5.41) is 5.52. The Morgan fingerprint density at radius 3 is 2.73 bits per heavy atom. The fourth-order valence-corrected chi connectivity index (χ4v) is 2.45. The topological polar surface area (TPSA) is 54.9 Å². The number of rotatable bonds is 3. The Labute approximate surface area is 137 Å². The lowest BCUT2D eigenvalue weighted by atomic mass is 10.1. The van der Waals surface area contributed by atoms with Crippen LogP contribution in [0.5, 0.6) is 0 Å². The van der Waals surface area contributed by atoms with Crippen molar-refractivity contribution in [2.75, 3.05) is 5.32 Å². The Bertz CT molecular complexity index is 846. The van der Waals surface area contributed by atoms with E-state index in [9.17, 15) is 4.79 Å². The Morgan fingerprint density at radius 1 is 1.05 bits per heavy atom. The average Bonchev–Trinajstić information content (AvgIpc) is 2.51. The van der Waals surface area contributed by atoms with Gasteiger partial charge in [-0.05, 0) is 23.8 Å². The molecule has 0 aliphatic rings. The van der Waals surface area contributed by atoms with Crippen LogP contribution in [0.25, 0.3) is 10.8 Å². The standard InChI is InChI=1S/C16H11Cl2N3O/c17-13-2-1-10(5-14(13)18)6-16(22)21-15-9-20-7-11-3-4-19-8-12(11)15/h1-5,7-9H,6H2,(H,21,22). The zero-order valence-electron chi connectivity index (χ0n) is 11.4. The van der Waals surface area contributed by atoms with Crippen LogP contribution in [0.3, 0.4) is 0 Å². The lowest BCUT2D eigenvalue weighted by Gasteiger charge is -2.08. The number of nitrogens with zero attached hydrogens (tertiary/aromatic N) is 2. The van der Waals surface area contributed by atoms with E-state index in [-0.39, 0.29) is 12.3 Å². The van der Waals surface area contributed by atoms with Gasteiger partial charge in [0.05, 0.1) is 28.4 Å². The van der Waals surface area contributed by atoms with E-state index in [0.717, 1.165) is 16.3 Å². The van der Waals surface area contributed by atoms with Crippen molar-refractivity contribution in [1.29, 1.82) is 0 Å². The van der Waals surface area contributed by atoms with Crippen LogP contribution in [0.2, 0.25) is 10.0 Å². The van der Waals surface area contributed by atoms with Gasteiger partial charge in [0, 0.05) is 29.4 Å². The van der Waals surface area contributed by atoms with Gasteiger partial charge in [-0.3, -0.25) is 14.8 Å². The number of carbonyl (C=O) groups excluding carboxylic acids is 1. The highest BCUT2D eigenvalue weighted by molar-refractivity contribution is 6.42. The van der Waals surface area contributed by atoms with E-state index in [0.29, 0.717) is 15.7 Å². The third-order valence-electron chi connectivity index (χ3n) is 3.19. The predicted octanol–water partition coefficient (Wildman–Crippen LogP) is 4.12. The van der Waals surface area contributed by atoms with E-state index in [4.69, 9.17) is 23.2 Å². The Morgan fingerprint density at radius 2 is 1.91 bits per heavy atom. The smallest absolute Gasteiger partial charge is 0.228 e. The molecule has 0 atom stereocenters. The van der Waals surface area contributed by atoms with Crippen molar-refractivity contribution in [3.05, 3.63) is 64.7 Å². The molecule has 0 spiro atoms. The molecular formula is C16H11Cl2N3O. The molecule has 0 saturated heterocycles. The molecule has 4 nitrogen and oxygen atoms in total. The van der Waals surface area contributed by atoms with Gasteiger partial charge < -0.3 is 5.32 Å². The van der Waals surface area contributed by atoms with Crippen LogP contribution in [0, 0.1) is 0 Å². The fourth-order valence-electron chi connectivity index (χ4n) is 2.13. The van der Waals surface area contributed by atoms with Gasteiger partial charge in [0.1, 0.15) is 0 Å². The van der Waals surface area contributed by atoms with Crippen molar-refractivity contribution in [1.82, 2.24) is 9.97 Å². The number of hydrogen-bond donors (Lipinski definition) is 1. The zero-order valence-corrected chi connectivity index (χ0v) is 12.9. The third-order valence-corrected chi connectivity index (χ3v) is 3.92. The summed E-state index contributed by atoms with van der Waals surface area (Å²) in [7, 11) is 0. The van der Waals surface area contributed by atoms with Crippen molar-refractivity contribution >= 4 is 45.6 Å². The van der Waals surface area contributed by atoms with Crippen LogP contribution < -0.4 is 5.32 Å². The highest BCUT2D eigenvalue weighted by atomic mass is 35.5. The second-order valence-corrected chi connectivity index (χ2v) is 5.57. The van der Waals surface area contributed by atoms with E-state index in [1.54, 1.807) is 43.0 Å². The maximum Gasteiger partial charge on any atom is 0.228 e. The average molecular weight is 332 g/mol. The fraction of sp³-hybridized carbons (Fsp3) is 0.0625. The number of benzene rings is 1. The number of nitrogens with one attached hydrogen (secondary N) is 1. The lowest BCUT2D eigenvalue weighted by Crippen LogP contribution is -2.14. The van der Waals surface area contributed by atoms with E-state index in [2.05, 4.69) is 15.3 Å². The number of hydrogen-bond acceptors (Lipinski definition) is 3. The molecule has 110 valence electrons. The molecule has 0 fully saturated rings. The molecule has 0 aliphatic heterocycles. The molecule has 3 rings (SSSR count). The first-order valence-electron chi connectivity index (χ1n) is 6.55. The van der Waals surface area contributed by atoms with Crippen molar-refractivity contribution in [3.63, 3.8) is 0 Å². The Hall–Kier alpha value is -2.17. The Kier molecular flexibility index (Phi) is 4.22. The molecule has 6 heteroatoms. The van der Waals surface area contributed by atoms with Gasteiger partial charge in [-0.1, -0.05) is 29.3 Å². The van der Waals surface area contributed by atoms with Gasteiger partial charge in [0.25, 0.3) is 0 Å². The first-order valence-corrected chi connectivity index (χ1v) is 7.30. The van der Waals surface area contributed by atoms with Gasteiger partial charge in [0.2, 0.25) is 5.91 Å². The largest absolute Gasteiger partial charge is 0.324 e. The van der Waals surface area contributed by atoms with Gasteiger partial charge >= 0.3 is 0 Å². The summed E-state index contributed by atoms with van der Waals surface area (Å²) < 4.78 is 0. The molecule has 0 unspecified atom stereocenters. The van der Waals surface area contributed by atoms with Gasteiger partial charge in [0.15, 0.2) is 0 Å². The molecular weight excluding hydrogens is 321 g/mol. The minimum absolute atomic E-state index is 0.156. The quantitative estimate of drug-likeness (QED) is 0.785. The number of fused-ring (bicyclic) bond motifs is 1. The molecule has 0 radical (unpaired) electrons. The lowest BCUT2D eigenvalue weighted by molar-refractivity contribution is -0.115. The molecule has 22 heavy (non-hydrogen) atoms. The monoisotopic (exact) mass is 331 g/mol. The van der Waals surface area contributed by atoms with E-state index < -0.39 is 0 Å². The van der Waals surface area contributed by atoms with Crippen molar-refractivity contribution < 1.29 is 4.79 Å². The van der Waals surface area contributed by atoms with Crippen LogP contribution in [0.4, 0.5) is 5.69 Å². The maximum absolute atomic E-state index is 12.2. The molecule has 2 heterocycles. The SMILES string of the molecule is O=C(Cc1ccc(Cl)c(Cl)c1)Nc1cncc2ccncc12. The van der Waals surface area contributed by atoms with E-state index >= 15 is 0 Å². The van der Waals surface area contributed by atoms with E-state index in [1.165, 1.54) is 0 Å².